The number of nitrogens with one attached hydrogen (secondary N) is 1. The minimum atomic E-state index is -0.743. The summed E-state index contributed by atoms with van der Waals surface area (Å²) in [6.45, 7) is 3.97. The summed E-state index contributed by atoms with van der Waals surface area (Å²) in [6, 6.07) is 8.52. The average Bonchev–Trinajstić information content (AvgIpc) is 2.57. The monoisotopic (exact) mass is 312 g/mol. The first-order valence-electron chi connectivity index (χ1n) is 7.36. The van der Waals surface area contributed by atoms with Gasteiger partial charge in [0.05, 0.1) is 12.7 Å². The molecule has 0 bridgehead atoms. The van der Waals surface area contributed by atoms with Gasteiger partial charge in [0, 0.05) is 18.8 Å². The number of hydrogen-bond acceptors (Lipinski definition) is 4. The zero-order valence-electron chi connectivity index (χ0n) is 13.5. The van der Waals surface area contributed by atoms with Crippen LogP contribution in [0.25, 0.3) is 0 Å². The maximum absolute atomic E-state index is 12.3. The third-order valence-electron chi connectivity index (χ3n) is 3.77. The highest BCUT2D eigenvalue weighted by Crippen LogP contribution is 2.16. The normalized spacial score (nSPS) is 11.6. The summed E-state index contributed by atoms with van der Waals surface area (Å²) in [5.74, 6) is -0.815. The van der Waals surface area contributed by atoms with Gasteiger partial charge in [-0.15, -0.1) is 0 Å². The fourth-order valence-corrected chi connectivity index (χ4v) is 2.45. The van der Waals surface area contributed by atoms with E-state index >= 15 is 0 Å². The van der Waals surface area contributed by atoms with E-state index in [1.165, 1.54) is 13.3 Å². The molecule has 1 aromatic carbocycles. The molecule has 1 aromatic heterocycles. The van der Waals surface area contributed by atoms with Crippen molar-refractivity contribution in [2.24, 2.45) is 0 Å². The molecule has 0 aliphatic rings. The molecule has 5 heteroatoms. The molecule has 120 valence electrons. The molecular formula is C18H20N2O3. The van der Waals surface area contributed by atoms with Gasteiger partial charge in [-0.1, -0.05) is 18.2 Å². The summed E-state index contributed by atoms with van der Waals surface area (Å²) in [5, 5.41) is 2.73. The number of ether oxygens (including phenoxy) is 1. The van der Waals surface area contributed by atoms with Gasteiger partial charge in [0.15, 0.2) is 0 Å². The smallest absolute Gasteiger partial charge is 0.328 e. The predicted molar refractivity (Wildman–Crippen MR) is 87.1 cm³/mol. The Balaban J connectivity index is 2.21. The van der Waals surface area contributed by atoms with Crippen molar-refractivity contribution in [1.82, 2.24) is 10.3 Å². The van der Waals surface area contributed by atoms with Crippen LogP contribution in [-0.2, 0) is 16.0 Å². The first kappa shape index (κ1) is 16.7. The van der Waals surface area contributed by atoms with E-state index in [1.807, 2.05) is 32.0 Å². The number of rotatable bonds is 5. The zero-order chi connectivity index (χ0) is 16.8. The van der Waals surface area contributed by atoms with Crippen molar-refractivity contribution < 1.29 is 14.3 Å². The number of aromatic nitrogens is 1. The number of hydrogen-bond donors (Lipinski definition) is 1. The number of methoxy groups -OCH3 is 1. The largest absolute Gasteiger partial charge is 0.467 e. The molecule has 1 amide bonds. The second-order valence-electron chi connectivity index (χ2n) is 5.37. The Hall–Kier alpha value is -2.69. The summed E-state index contributed by atoms with van der Waals surface area (Å²) in [4.78, 5) is 28.2. The van der Waals surface area contributed by atoms with E-state index in [1.54, 1.807) is 18.3 Å². The maximum Gasteiger partial charge on any atom is 0.328 e. The second-order valence-corrected chi connectivity index (χ2v) is 5.37. The summed E-state index contributed by atoms with van der Waals surface area (Å²) >= 11 is 0. The van der Waals surface area contributed by atoms with Crippen LogP contribution in [0.3, 0.4) is 0 Å². The zero-order valence-corrected chi connectivity index (χ0v) is 13.5. The van der Waals surface area contributed by atoms with E-state index in [-0.39, 0.29) is 5.91 Å². The van der Waals surface area contributed by atoms with E-state index in [9.17, 15) is 9.59 Å². The van der Waals surface area contributed by atoms with Crippen molar-refractivity contribution >= 4 is 11.9 Å². The summed E-state index contributed by atoms with van der Waals surface area (Å²) in [6.07, 6.45) is 3.44. The van der Waals surface area contributed by atoms with E-state index < -0.39 is 12.0 Å². The molecule has 5 nitrogen and oxygen atoms in total. The van der Waals surface area contributed by atoms with Crippen LogP contribution < -0.4 is 5.32 Å². The Morgan fingerprint density at radius 1 is 1.17 bits per heavy atom. The molecule has 0 spiro atoms. The van der Waals surface area contributed by atoms with Crippen molar-refractivity contribution in [2.75, 3.05) is 7.11 Å². The maximum atomic E-state index is 12.3. The molecule has 1 N–H and O–H groups in total. The van der Waals surface area contributed by atoms with E-state index in [0.29, 0.717) is 12.0 Å². The molecular weight excluding hydrogens is 292 g/mol. The van der Waals surface area contributed by atoms with Gasteiger partial charge in [0.25, 0.3) is 5.91 Å². The summed E-state index contributed by atoms with van der Waals surface area (Å²) in [7, 11) is 1.32. The number of nitrogens with zero attached hydrogens (tertiary/aromatic N) is 1. The lowest BCUT2D eigenvalue weighted by atomic mass is 9.96. The lowest BCUT2D eigenvalue weighted by Gasteiger charge is -2.19. The minimum absolute atomic E-state index is 0.347. The Bertz CT molecular complexity index is 678. The predicted octanol–water partition coefficient (Wildman–Crippen LogP) is 2.21. The Morgan fingerprint density at radius 2 is 1.87 bits per heavy atom. The van der Waals surface area contributed by atoms with E-state index in [0.717, 1.165) is 16.7 Å². The van der Waals surface area contributed by atoms with Crippen LogP contribution in [-0.4, -0.2) is 30.0 Å². The topological polar surface area (TPSA) is 68.3 Å². The summed E-state index contributed by atoms with van der Waals surface area (Å²) < 4.78 is 4.83. The van der Waals surface area contributed by atoms with Gasteiger partial charge in [-0.2, -0.15) is 0 Å². The van der Waals surface area contributed by atoms with Crippen LogP contribution in [0.2, 0.25) is 0 Å². The SMILES string of the molecule is COC(=O)[C@H](Cc1c(C)cccc1C)NC(=O)c1cccnc1. The van der Waals surface area contributed by atoms with Crippen molar-refractivity contribution in [3.05, 3.63) is 65.0 Å². The highest BCUT2D eigenvalue weighted by molar-refractivity contribution is 5.96. The fraction of sp³-hybridized carbons (Fsp3) is 0.278. The van der Waals surface area contributed by atoms with Crippen molar-refractivity contribution in [2.45, 2.75) is 26.3 Å². The number of amides is 1. The van der Waals surface area contributed by atoms with Crippen molar-refractivity contribution in [3.8, 4) is 0 Å². The molecule has 0 aliphatic carbocycles. The molecule has 23 heavy (non-hydrogen) atoms. The van der Waals surface area contributed by atoms with Gasteiger partial charge in [-0.25, -0.2) is 4.79 Å². The van der Waals surface area contributed by atoms with Gasteiger partial charge in [0.1, 0.15) is 6.04 Å². The molecule has 1 atom stereocenters. The second kappa shape index (κ2) is 7.54. The van der Waals surface area contributed by atoms with Crippen LogP contribution in [0.5, 0.6) is 0 Å². The van der Waals surface area contributed by atoms with Crippen LogP contribution >= 0.6 is 0 Å². The Kier molecular flexibility index (Phi) is 5.46. The van der Waals surface area contributed by atoms with Crippen molar-refractivity contribution in [1.29, 1.82) is 0 Å². The molecule has 0 saturated heterocycles. The van der Waals surface area contributed by atoms with Crippen molar-refractivity contribution in [3.63, 3.8) is 0 Å². The van der Waals surface area contributed by atoms with Crippen LogP contribution in [0.1, 0.15) is 27.0 Å². The van der Waals surface area contributed by atoms with Crippen LogP contribution in [0, 0.1) is 13.8 Å². The molecule has 2 rings (SSSR count). The molecule has 0 unspecified atom stereocenters. The molecule has 0 fully saturated rings. The number of aryl methyl sites for hydroxylation is 2. The third-order valence-corrected chi connectivity index (χ3v) is 3.77. The number of carbonyl (C=O) groups is 2. The third kappa shape index (κ3) is 4.16. The lowest BCUT2D eigenvalue weighted by Crippen LogP contribution is -2.43. The fourth-order valence-electron chi connectivity index (χ4n) is 2.45. The number of benzene rings is 1. The van der Waals surface area contributed by atoms with Gasteiger partial charge in [-0.3, -0.25) is 9.78 Å². The number of esters is 1. The Labute approximate surface area is 135 Å². The van der Waals surface area contributed by atoms with E-state index in [2.05, 4.69) is 10.3 Å². The molecule has 0 radical (unpaired) electrons. The Morgan fingerprint density at radius 3 is 2.43 bits per heavy atom. The van der Waals surface area contributed by atoms with Gasteiger partial charge < -0.3 is 10.1 Å². The van der Waals surface area contributed by atoms with E-state index in [4.69, 9.17) is 4.74 Å². The molecule has 0 saturated carbocycles. The molecule has 1 heterocycles. The molecule has 0 aliphatic heterocycles. The van der Waals surface area contributed by atoms with Gasteiger partial charge in [-0.05, 0) is 42.7 Å². The van der Waals surface area contributed by atoms with Crippen LogP contribution in [0.15, 0.2) is 42.7 Å². The van der Waals surface area contributed by atoms with Gasteiger partial charge >= 0.3 is 5.97 Å². The summed E-state index contributed by atoms with van der Waals surface area (Å²) in [5.41, 5.74) is 3.60. The lowest BCUT2D eigenvalue weighted by molar-refractivity contribution is -0.142. The first-order valence-corrected chi connectivity index (χ1v) is 7.36. The number of pyridine rings is 1. The molecule has 2 aromatic rings. The highest BCUT2D eigenvalue weighted by Gasteiger charge is 2.24. The quantitative estimate of drug-likeness (QED) is 0.860. The highest BCUT2D eigenvalue weighted by atomic mass is 16.5. The number of carbonyl (C=O) groups excluding carboxylic acids is 2. The minimum Gasteiger partial charge on any atom is -0.467 e. The average molecular weight is 312 g/mol. The van der Waals surface area contributed by atoms with Crippen LogP contribution in [0.4, 0.5) is 0 Å². The first-order chi connectivity index (χ1) is 11.0. The van der Waals surface area contributed by atoms with Gasteiger partial charge in [0.2, 0.25) is 0 Å². The standard InChI is InChI=1S/C18H20N2O3/c1-12-6-4-7-13(2)15(12)10-16(18(22)23-3)20-17(21)14-8-5-9-19-11-14/h4-9,11,16H,10H2,1-3H3,(H,20,21)/t16-/m0/s1.